The van der Waals surface area contributed by atoms with Crippen molar-refractivity contribution in [3.63, 3.8) is 0 Å². The van der Waals surface area contributed by atoms with Gasteiger partial charge in [-0.2, -0.15) is 0 Å². The fraction of sp³-hybridized carbons (Fsp3) is 0.722. The highest BCUT2D eigenvalue weighted by atomic mass is 16.6. The minimum absolute atomic E-state index is 0.0319. The highest BCUT2D eigenvalue weighted by molar-refractivity contribution is 5.68. The molecule has 0 unspecified atom stereocenters. The Morgan fingerprint density at radius 1 is 1.48 bits per heavy atom. The van der Waals surface area contributed by atoms with Crippen LogP contribution in [0.15, 0.2) is 22.8 Å². The Kier molecular flexibility index (Phi) is 6.10. The van der Waals surface area contributed by atoms with Gasteiger partial charge in [0.05, 0.1) is 6.26 Å². The first-order valence-electron chi connectivity index (χ1n) is 8.48. The molecular weight excluding hydrogens is 294 g/mol. The number of hydrogen-bond acceptors (Lipinski definition) is 4. The summed E-state index contributed by atoms with van der Waals surface area (Å²) in [7, 11) is 0. The van der Waals surface area contributed by atoms with Crippen molar-refractivity contribution in [2.75, 3.05) is 19.7 Å². The lowest BCUT2D eigenvalue weighted by atomic mass is 9.95. The molecule has 2 rings (SSSR count). The van der Waals surface area contributed by atoms with Crippen LogP contribution in [-0.2, 0) is 9.47 Å². The largest absolute Gasteiger partial charge is 0.467 e. The van der Waals surface area contributed by atoms with E-state index in [-0.39, 0.29) is 12.2 Å². The highest BCUT2D eigenvalue weighted by Gasteiger charge is 2.27. The van der Waals surface area contributed by atoms with Crippen molar-refractivity contribution in [1.82, 2.24) is 4.90 Å². The van der Waals surface area contributed by atoms with Crippen LogP contribution in [0.1, 0.15) is 58.8 Å². The van der Waals surface area contributed by atoms with Crippen LogP contribution in [0.25, 0.3) is 0 Å². The third-order valence-electron chi connectivity index (χ3n) is 4.01. The summed E-state index contributed by atoms with van der Waals surface area (Å²) in [5.41, 5.74) is -0.439. The first kappa shape index (κ1) is 17.9. The van der Waals surface area contributed by atoms with Crippen molar-refractivity contribution in [3.8, 4) is 0 Å². The summed E-state index contributed by atoms with van der Waals surface area (Å²) >= 11 is 0. The molecule has 1 aromatic heterocycles. The smallest absolute Gasteiger partial charge is 0.410 e. The zero-order valence-electron chi connectivity index (χ0n) is 14.7. The zero-order valence-corrected chi connectivity index (χ0v) is 14.7. The predicted octanol–water partition coefficient (Wildman–Crippen LogP) is 4.39. The number of carbonyl (C=O) groups is 1. The van der Waals surface area contributed by atoms with Gasteiger partial charge in [-0.25, -0.2) is 4.79 Å². The Morgan fingerprint density at radius 2 is 2.26 bits per heavy atom. The monoisotopic (exact) mass is 323 g/mol. The summed E-state index contributed by atoms with van der Waals surface area (Å²) in [5.74, 6) is 1.32. The van der Waals surface area contributed by atoms with E-state index in [2.05, 4.69) is 0 Å². The Hall–Kier alpha value is -1.49. The van der Waals surface area contributed by atoms with Gasteiger partial charge in [-0.05, 0) is 65.0 Å². The molecule has 1 aliphatic rings. The molecule has 130 valence electrons. The molecule has 5 nitrogen and oxygen atoms in total. The molecule has 23 heavy (non-hydrogen) atoms. The molecule has 1 saturated heterocycles. The number of nitrogens with zero attached hydrogens (tertiary/aromatic N) is 1. The lowest BCUT2D eigenvalue weighted by Crippen LogP contribution is -2.43. The molecule has 1 amide bonds. The van der Waals surface area contributed by atoms with Gasteiger partial charge in [-0.15, -0.1) is 0 Å². The minimum atomic E-state index is -0.439. The van der Waals surface area contributed by atoms with Crippen LogP contribution < -0.4 is 0 Å². The Bertz CT molecular complexity index is 478. The van der Waals surface area contributed by atoms with Crippen LogP contribution in [0.3, 0.4) is 0 Å². The number of carbonyl (C=O) groups excluding carboxylic acids is 1. The quantitative estimate of drug-likeness (QED) is 0.806. The standard InChI is InChI=1S/C18H29NO4/c1-14(16-8-6-11-22-16)21-12-9-15-7-5-10-19(13-15)17(20)23-18(2,3)4/h6,8,11,14-15H,5,7,9-10,12-13H2,1-4H3/t14-,15-/m1/s1. The third-order valence-corrected chi connectivity index (χ3v) is 4.01. The second-order valence-corrected chi connectivity index (χ2v) is 7.25. The molecule has 0 spiro atoms. The number of furan rings is 1. The van der Waals surface area contributed by atoms with Crippen LogP contribution in [-0.4, -0.2) is 36.3 Å². The van der Waals surface area contributed by atoms with E-state index in [1.165, 1.54) is 0 Å². The van der Waals surface area contributed by atoms with Gasteiger partial charge in [-0.3, -0.25) is 0 Å². The molecule has 0 saturated carbocycles. The number of ether oxygens (including phenoxy) is 2. The minimum Gasteiger partial charge on any atom is -0.467 e. The molecular formula is C18H29NO4. The summed E-state index contributed by atoms with van der Waals surface area (Å²) < 4.78 is 16.6. The molecule has 0 aliphatic carbocycles. The fourth-order valence-electron chi connectivity index (χ4n) is 2.81. The van der Waals surface area contributed by atoms with Crippen molar-refractivity contribution in [2.45, 2.75) is 58.7 Å². The number of likely N-dealkylation sites (tertiary alicyclic amines) is 1. The normalized spacial score (nSPS) is 20.3. The zero-order chi connectivity index (χ0) is 16.9. The molecule has 2 heterocycles. The van der Waals surface area contributed by atoms with Gasteiger partial charge in [0.25, 0.3) is 0 Å². The van der Waals surface area contributed by atoms with Crippen molar-refractivity contribution >= 4 is 6.09 Å². The van der Waals surface area contributed by atoms with Crippen LogP contribution in [0.2, 0.25) is 0 Å². The molecule has 5 heteroatoms. The van der Waals surface area contributed by atoms with Gasteiger partial charge in [0, 0.05) is 19.7 Å². The summed E-state index contributed by atoms with van der Waals surface area (Å²) in [6, 6.07) is 3.80. The van der Waals surface area contributed by atoms with Crippen molar-refractivity contribution in [3.05, 3.63) is 24.2 Å². The van der Waals surface area contributed by atoms with Crippen molar-refractivity contribution in [2.24, 2.45) is 5.92 Å². The second kappa shape index (κ2) is 7.86. The maximum absolute atomic E-state index is 12.2. The van der Waals surface area contributed by atoms with Crippen LogP contribution in [0.4, 0.5) is 4.79 Å². The van der Waals surface area contributed by atoms with Crippen LogP contribution in [0, 0.1) is 5.92 Å². The van der Waals surface area contributed by atoms with Gasteiger partial charge in [0.1, 0.15) is 17.5 Å². The average Bonchev–Trinajstić information content (AvgIpc) is 3.00. The summed E-state index contributed by atoms with van der Waals surface area (Å²) in [6.45, 7) is 9.91. The highest BCUT2D eigenvalue weighted by Crippen LogP contribution is 2.23. The van der Waals surface area contributed by atoms with Crippen LogP contribution in [0.5, 0.6) is 0 Å². The molecule has 1 aliphatic heterocycles. The first-order valence-corrected chi connectivity index (χ1v) is 8.48. The Labute approximate surface area is 138 Å². The van der Waals surface area contributed by atoms with Gasteiger partial charge in [0.2, 0.25) is 0 Å². The SMILES string of the molecule is C[C@@H](OCC[C@H]1CCCN(C(=O)OC(C)(C)C)C1)c1ccco1. The van der Waals surface area contributed by atoms with Crippen LogP contribution >= 0.6 is 0 Å². The van der Waals surface area contributed by atoms with Gasteiger partial charge < -0.3 is 18.8 Å². The third kappa shape index (κ3) is 5.90. The average molecular weight is 323 g/mol. The van der Waals surface area contributed by atoms with E-state index >= 15 is 0 Å². The first-order chi connectivity index (χ1) is 10.8. The van der Waals surface area contributed by atoms with Gasteiger partial charge in [-0.1, -0.05) is 0 Å². The van der Waals surface area contributed by atoms with E-state index < -0.39 is 5.60 Å². The molecule has 2 atom stereocenters. The van der Waals surface area contributed by atoms with E-state index in [0.29, 0.717) is 12.5 Å². The van der Waals surface area contributed by atoms with Gasteiger partial charge in [0.15, 0.2) is 0 Å². The topological polar surface area (TPSA) is 51.9 Å². The van der Waals surface area contributed by atoms with E-state index in [9.17, 15) is 4.79 Å². The molecule has 1 aromatic rings. The number of amides is 1. The fourth-order valence-corrected chi connectivity index (χ4v) is 2.81. The molecule has 0 bridgehead atoms. The molecule has 1 fully saturated rings. The number of piperidine rings is 1. The maximum atomic E-state index is 12.2. The van der Waals surface area contributed by atoms with Crippen molar-refractivity contribution in [1.29, 1.82) is 0 Å². The lowest BCUT2D eigenvalue weighted by molar-refractivity contribution is 0.00893. The van der Waals surface area contributed by atoms with E-state index in [4.69, 9.17) is 13.9 Å². The van der Waals surface area contributed by atoms with Gasteiger partial charge >= 0.3 is 6.09 Å². The lowest BCUT2D eigenvalue weighted by Gasteiger charge is -2.34. The Morgan fingerprint density at radius 3 is 2.91 bits per heavy atom. The second-order valence-electron chi connectivity index (χ2n) is 7.25. The summed E-state index contributed by atoms with van der Waals surface area (Å²) in [4.78, 5) is 14.0. The Balaban J connectivity index is 1.72. The number of hydrogen-bond donors (Lipinski definition) is 0. The molecule has 0 radical (unpaired) electrons. The van der Waals surface area contributed by atoms with E-state index in [1.54, 1.807) is 6.26 Å². The summed E-state index contributed by atoms with van der Waals surface area (Å²) in [5, 5.41) is 0. The van der Waals surface area contributed by atoms with E-state index in [0.717, 1.165) is 38.1 Å². The van der Waals surface area contributed by atoms with E-state index in [1.807, 2.05) is 44.7 Å². The number of rotatable bonds is 5. The maximum Gasteiger partial charge on any atom is 0.410 e. The van der Waals surface area contributed by atoms with Crippen molar-refractivity contribution < 1.29 is 18.7 Å². The molecule has 0 aromatic carbocycles. The predicted molar refractivity (Wildman–Crippen MR) is 88.2 cm³/mol. The molecule has 0 N–H and O–H groups in total. The summed E-state index contributed by atoms with van der Waals surface area (Å²) in [6.07, 6.45) is 4.54.